The molecule has 1 aliphatic carbocycles. The van der Waals surface area contributed by atoms with Crippen LogP contribution in [-0.2, 0) is 12.8 Å². The van der Waals surface area contributed by atoms with E-state index in [1.54, 1.807) is 0 Å². The van der Waals surface area contributed by atoms with Crippen LogP contribution in [0.4, 0.5) is 0 Å². The van der Waals surface area contributed by atoms with Crippen LogP contribution in [0.1, 0.15) is 17.5 Å². The molecule has 0 radical (unpaired) electrons. The molecule has 3 rings (SSSR count). The van der Waals surface area contributed by atoms with Gasteiger partial charge in [0.2, 0.25) is 0 Å². The van der Waals surface area contributed by atoms with Crippen LogP contribution in [0, 0.1) is 0 Å². The SMILES string of the molecule is NC1CCc2ccccc2C1.c1ccccc1. The van der Waals surface area contributed by atoms with Gasteiger partial charge in [-0.15, -0.1) is 0 Å². The van der Waals surface area contributed by atoms with E-state index in [9.17, 15) is 0 Å². The second-order valence-electron chi connectivity index (χ2n) is 4.43. The Morgan fingerprint density at radius 3 is 1.88 bits per heavy atom. The van der Waals surface area contributed by atoms with Crippen LogP contribution >= 0.6 is 0 Å². The average molecular weight is 225 g/mol. The van der Waals surface area contributed by atoms with Gasteiger partial charge in [0.25, 0.3) is 0 Å². The van der Waals surface area contributed by atoms with Gasteiger partial charge in [0.15, 0.2) is 0 Å². The highest BCUT2D eigenvalue weighted by molar-refractivity contribution is 5.30. The van der Waals surface area contributed by atoms with Crippen molar-refractivity contribution in [3.05, 3.63) is 71.8 Å². The maximum atomic E-state index is 5.85. The van der Waals surface area contributed by atoms with Crippen molar-refractivity contribution in [2.45, 2.75) is 25.3 Å². The van der Waals surface area contributed by atoms with E-state index in [1.807, 2.05) is 36.4 Å². The Kier molecular flexibility index (Phi) is 4.34. The van der Waals surface area contributed by atoms with Crippen molar-refractivity contribution in [3.63, 3.8) is 0 Å². The minimum Gasteiger partial charge on any atom is -0.327 e. The first-order valence-corrected chi connectivity index (χ1v) is 6.18. The van der Waals surface area contributed by atoms with Gasteiger partial charge in [-0.1, -0.05) is 60.7 Å². The molecule has 0 aliphatic heterocycles. The lowest BCUT2D eigenvalue weighted by Gasteiger charge is -2.20. The molecular weight excluding hydrogens is 206 g/mol. The summed E-state index contributed by atoms with van der Waals surface area (Å²) in [4.78, 5) is 0. The van der Waals surface area contributed by atoms with Gasteiger partial charge in [-0.3, -0.25) is 0 Å². The van der Waals surface area contributed by atoms with Gasteiger partial charge in [0.05, 0.1) is 0 Å². The smallest absolute Gasteiger partial charge is 0.00825 e. The molecule has 1 nitrogen and oxygen atoms in total. The van der Waals surface area contributed by atoms with Gasteiger partial charge in [0.1, 0.15) is 0 Å². The van der Waals surface area contributed by atoms with Gasteiger partial charge >= 0.3 is 0 Å². The van der Waals surface area contributed by atoms with Crippen LogP contribution in [0.2, 0.25) is 0 Å². The summed E-state index contributed by atoms with van der Waals surface area (Å²) in [6, 6.07) is 21.0. The van der Waals surface area contributed by atoms with Gasteiger partial charge < -0.3 is 5.73 Å². The van der Waals surface area contributed by atoms with Crippen molar-refractivity contribution in [2.75, 3.05) is 0 Å². The van der Waals surface area contributed by atoms with Crippen LogP contribution in [0.5, 0.6) is 0 Å². The summed E-state index contributed by atoms with van der Waals surface area (Å²) in [7, 11) is 0. The highest BCUT2D eigenvalue weighted by Gasteiger charge is 2.13. The van der Waals surface area contributed by atoms with E-state index in [4.69, 9.17) is 5.73 Å². The van der Waals surface area contributed by atoms with Gasteiger partial charge in [-0.05, 0) is 30.4 Å². The molecule has 0 saturated carbocycles. The fourth-order valence-corrected chi connectivity index (χ4v) is 2.11. The lowest BCUT2D eigenvalue weighted by Crippen LogP contribution is -2.27. The van der Waals surface area contributed by atoms with E-state index in [1.165, 1.54) is 11.1 Å². The molecule has 1 aliphatic rings. The van der Waals surface area contributed by atoms with Gasteiger partial charge in [-0.2, -0.15) is 0 Å². The van der Waals surface area contributed by atoms with Gasteiger partial charge in [0, 0.05) is 6.04 Å². The van der Waals surface area contributed by atoms with Crippen LogP contribution in [-0.4, -0.2) is 6.04 Å². The highest BCUT2D eigenvalue weighted by atomic mass is 14.6. The molecule has 0 amide bonds. The Morgan fingerprint density at radius 2 is 1.29 bits per heavy atom. The number of aryl methyl sites for hydroxylation is 1. The first kappa shape index (κ1) is 11.9. The van der Waals surface area contributed by atoms with Crippen molar-refractivity contribution < 1.29 is 0 Å². The Hall–Kier alpha value is -1.60. The van der Waals surface area contributed by atoms with E-state index in [2.05, 4.69) is 24.3 Å². The summed E-state index contributed by atoms with van der Waals surface area (Å²) >= 11 is 0. The van der Waals surface area contributed by atoms with E-state index >= 15 is 0 Å². The number of benzene rings is 2. The second kappa shape index (κ2) is 6.21. The predicted octanol–water partition coefficient (Wildman–Crippen LogP) is 3.19. The summed E-state index contributed by atoms with van der Waals surface area (Å²) in [5, 5.41) is 0. The van der Waals surface area contributed by atoms with Crippen LogP contribution in [0.25, 0.3) is 0 Å². The third-order valence-electron chi connectivity index (χ3n) is 3.05. The molecule has 0 saturated heterocycles. The lowest BCUT2D eigenvalue weighted by molar-refractivity contribution is 0.576. The summed E-state index contributed by atoms with van der Waals surface area (Å²) in [6.45, 7) is 0. The molecule has 1 atom stereocenters. The Morgan fingerprint density at radius 1 is 0.765 bits per heavy atom. The maximum Gasteiger partial charge on any atom is 0.00825 e. The van der Waals surface area contributed by atoms with Crippen molar-refractivity contribution >= 4 is 0 Å². The molecule has 1 heteroatoms. The zero-order valence-corrected chi connectivity index (χ0v) is 10.0. The topological polar surface area (TPSA) is 26.0 Å². The van der Waals surface area contributed by atoms with E-state index in [0.29, 0.717) is 6.04 Å². The standard InChI is InChI=1S/C10H13N.C6H6/c11-10-6-5-8-3-1-2-4-9(8)7-10;1-2-4-6-5-3-1/h1-4,10H,5-7,11H2;1-6H. The lowest BCUT2D eigenvalue weighted by atomic mass is 9.89. The molecule has 0 spiro atoms. The number of hydrogen-bond donors (Lipinski definition) is 1. The summed E-state index contributed by atoms with van der Waals surface area (Å²) in [5.74, 6) is 0. The summed E-state index contributed by atoms with van der Waals surface area (Å²) < 4.78 is 0. The molecule has 0 aromatic heterocycles. The Balaban J connectivity index is 0.000000153. The molecule has 17 heavy (non-hydrogen) atoms. The van der Waals surface area contributed by atoms with Crippen LogP contribution in [0.15, 0.2) is 60.7 Å². The molecule has 0 bridgehead atoms. The first-order chi connectivity index (χ1) is 8.36. The minimum atomic E-state index is 0.393. The Labute approximate surface area is 103 Å². The minimum absolute atomic E-state index is 0.393. The maximum absolute atomic E-state index is 5.85. The number of hydrogen-bond acceptors (Lipinski definition) is 1. The normalized spacial score (nSPS) is 17.6. The zero-order valence-electron chi connectivity index (χ0n) is 10.0. The zero-order chi connectivity index (χ0) is 11.9. The van der Waals surface area contributed by atoms with Gasteiger partial charge in [-0.25, -0.2) is 0 Å². The van der Waals surface area contributed by atoms with Crippen LogP contribution < -0.4 is 5.73 Å². The number of fused-ring (bicyclic) bond motifs is 1. The van der Waals surface area contributed by atoms with Crippen molar-refractivity contribution in [1.29, 1.82) is 0 Å². The van der Waals surface area contributed by atoms with Crippen LogP contribution in [0.3, 0.4) is 0 Å². The molecule has 0 heterocycles. The molecule has 1 unspecified atom stereocenters. The molecule has 0 fully saturated rings. The molecule has 2 N–H and O–H groups in total. The third-order valence-corrected chi connectivity index (χ3v) is 3.05. The summed E-state index contributed by atoms with van der Waals surface area (Å²) in [6.07, 6.45) is 3.38. The predicted molar refractivity (Wildman–Crippen MR) is 72.9 cm³/mol. The largest absolute Gasteiger partial charge is 0.327 e. The molecule has 2 aromatic carbocycles. The van der Waals surface area contributed by atoms with E-state index in [-0.39, 0.29) is 0 Å². The molecule has 2 aromatic rings. The monoisotopic (exact) mass is 225 g/mol. The van der Waals surface area contributed by atoms with Crippen molar-refractivity contribution in [1.82, 2.24) is 0 Å². The quantitative estimate of drug-likeness (QED) is 0.732. The second-order valence-corrected chi connectivity index (χ2v) is 4.43. The fraction of sp³-hybridized carbons (Fsp3) is 0.250. The summed E-state index contributed by atoms with van der Waals surface area (Å²) in [5.41, 5.74) is 8.79. The van der Waals surface area contributed by atoms with E-state index in [0.717, 1.165) is 19.3 Å². The number of rotatable bonds is 0. The fourth-order valence-electron chi connectivity index (χ4n) is 2.11. The molecule has 88 valence electrons. The van der Waals surface area contributed by atoms with Crippen molar-refractivity contribution in [3.8, 4) is 0 Å². The molecular formula is C16H19N. The third kappa shape index (κ3) is 3.72. The average Bonchev–Trinajstić information content (AvgIpc) is 2.41. The number of nitrogens with two attached hydrogens (primary N) is 1. The first-order valence-electron chi connectivity index (χ1n) is 6.18. The highest BCUT2D eigenvalue weighted by Crippen LogP contribution is 2.19. The van der Waals surface area contributed by atoms with Crippen molar-refractivity contribution in [2.24, 2.45) is 5.73 Å². The Bertz CT molecular complexity index is 410. The van der Waals surface area contributed by atoms with E-state index < -0.39 is 0 Å².